The number of rotatable bonds is 2. The highest BCUT2D eigenvalue weighted by Crippen LogP contribution is 2.08. The number of ether oxygens (including phenoxy) is 1. The van der Waals surface area contributed by atoms with E-state index in [0.29, 0.717) is 5.76 Å². The monoisotopic (exact) mass is 127 g/mol. The molecule has 0 aliphatic heterocycles. The van der Waals surface area contributed by atoms with Gasteiger partial charge in [0, 0.05) is 11.3 Å². The Labute approximate surface area is 56.0 Å². The van der Waals surface area contributed by atoms with E-state index in [4.69, 9.17) is 10.5 Å². The van der Waals surface area contributed by atoms with Crippen LogP contribution in [-0.2, 0) is 4.74 Å². The van der Waals surface area contributed by atoms with Gasteiger partial charge in [-0.1, -0.05) is 6.58 Å². The van der Waals surface area contributed by atoms with Gasteiger partial charge >= 0.3 is 0 Å². The summed E-state index contributed by atoms with van der Waals surface area (Å²) in [6.45, 7) is 7.33. The third kappa shape index (κ3) is 2.22. The summed E-state index contributed by atoms with van der Waals surface area (Å²) >= 11 is 0. The van der Waals surface area contributed by atoms with Crippen molar-refractivity contribution >= 4 is 0 Å². The zero-order valence-electron chi connectivity index (χ0n) is 6.19. The fourth-order valence-corrected chi connectivity index (χ4v) is 0.373. The Hall–Kier alpha value is -0.920. The normalized spacial score (nSPS) is 12.3. The first-order valence-electron chi connectivity index (χ1n) is 2.75. The maximum Gasteiger partial charge on any atom is 0.116 e. The molecule has 0 aliphatic carbocycles. The first-order chi connectivity index (χ1) is 4.09. The summed E-state index contributed by atoms with van der Waals surface area (Å²) in [6, 6.07) is 0. The minimum absolute atomic E-state index is 0.634. The van der Waals surface area contributed by atoms with Crippen LogP contribution in [0.3, 0.4) is 0 Å². The Balaban J connectivity index is 4.21. The lowest BCUT2D eigenvalue weighted by Crippen LogP contribution is -1.98. The molecule has 0 atom stereocenters. The van der Waals surface area contributed by atoms with Crippen molar-refractivity contribution in [1.29, 1.82) is 0 Å². The molecule has 0 heterocycles. The predicted octanol–water partition coefficient (Wildman–Crippen LogP) is 1.40. The summed E-state index contributed by atoms with van der Waals surface area (Å²) in [6.07, 6.45) is 0. The SMILES string of the molecule is C=C(OC)/C(C)=C(\C)N. The van der Waals surface area contributed by atoms with E-state index in [1.165, 1.54) is 0 Å². The van der Waals surface area contributed by atoms with E-state index >= 15 is 0 Å². The van der Waals surface area contributed by atoms with Gasteiger partial charge in [0.15, 0.2) is 0 Å². The molecule has 2 N–H and O–H groups in total. The van der Waals surface area contributed by atoms with Crippen LogP contribution in [0.2, 0.25) is 0 Å². The van der Waals surface area contributed by atoms with Crippen LogP contribution in [0.15, 0.2) is 23.6 Å². The van der Waals surface area contributed by atoms with Gasteiger partial charge in [0.2, 0.25) is 0 Å². The van der Waals surface area contributed by atoms with E-state index in [1.54, 1.807) is 7.11 Å². The van der Waals surface area contributed by atoms with Crippen molar-refractivity contribution in [1.82, 2.24) is 0 Å². The maximum atomic E-state index is 5.45. The molecular formula is C7H13NO. The molecule has 0 aromatic heterocycles. The van der Waals surface area contributed by atoms with Gasteiger partial charge in [-0.15, -0.1) is 0 Å². The average molecular weight is 127 g/mol. The molecule has 0 radical (unpaired) electrons. The molecule has 0 rings (SSSR count). The first kappa shape index (κ1) is 8.08. The van der Waals surface area contributed by atoms with Crippen molar-refractivity contribution in [2.75, 3.05) is 7.11 Å². The van der Waals surface area contributed by atoms with Crippen molar-refractivity contribution in [2.45, 2.75) is 13.8 Å². The van der Waals surface area contributed by atoms with Crippen LogP contribution in [0.25, 0.3) is 0 Å². The highest BCUT2D eigenvalue weighted by atomic mass is 16.5. The zero-order chi connectivity index (χ0) is 7.44. The van der Waals surface area contributed by atoms with E-state index in [2.05, 4.69) is 6.58 Å². The molecular weight excluding hydrogens is 114 g/mol. The largest absolute Gasteiger partial charge is 0.497 e. The molecule has 0 amide bonds. The van der Waals surface area contributed by atoms with Crippen molar-refractivity contribution in [3.8, 4) is 0 Å². The van der Waals surface area contributed by atoms with Gasteiger partial charge in [-0.25, -0.2) is 0 Å². The van der Waals surface area contributed by atoms with Gasteiger partial charge in [-0.3, -0.25) is 0 Å². The summed E-state index contributed by atoms with van der Waals surface area (Å²) in [4.78, 5) is 0. The molecule has 0 fully saturated rings. The second kappa shape index (κ2) is 3.17. The number of hydrogen-bond acceptors (Lipinski definition) is 2. The van der Waals surface area contributed by atoms with Crippen LogP contribution in [0.1, 0.15) is 13.8 Å². The number of nitrogens with two attached hydrogens (primary N) is 1. The van der Waals surface area contributed by atoms with Crippen LogP contribution >= 0.6 is 0 Å². The summed E-state index contributed by atoms with van der Waals surface area (Å²) in [5.74, 6) is 0.634. The fraction of sp³-hybridized carbons (Fsp3) is 0.429. The van der Waals surface area contributed by atoms with Gasteiger partial charge < -0.3 is 10.5 Å². The molecule has 0 aromatic carbocycles. The number of allylic oxidation sites excluding steroid dienone is 2. The Morgan fingerprint density at radius 3 is 2.00 bits per heavy atom. The fourth-order valence-electron chi connectivity index (χ4n) is 0.373. The van der Waals surface area contributed by atoms with E-state index in [0.717, 1.165) is 11.3 Å². The van der Waals surface area contributed by atoms with E-state index in [1.807, 2.05) is 13.8 Å². The topological polar surface area (TPSA) is 35.2 Å². The zero-order valence-corrected chi connectivity index (χ0v) is 6.19. The van der Waals surface area contributed by atoms with Crippen LogP contribution in [0.5, 0.6) is 0 Å². The van der Waals surface area contributed by atoms with Gasteiger partial charge in [-0.05, 0) is 13.8 Å². The summed E-state index contributed by atoms with van der Waals surface area (Å²) in [5, 5.41) is 0. The Morgan fingerprint density at radius 2 is 1.89 bits per heavy atom. The molecule has 52 valence electrons. The van der Waals surface area contributed by atoms with E-state index < -0.39 is 0 Å². The molecule has 0 spiro atoms. The number of hydrogen-bond donors (Lipinski definition) is 1. The van der Waals surface area contributed by atoms with Gasteiger partial charge in [0.05, 0.1) is 7.11 Å². The van der Waals surface area contributed by atoms with Crippen LogP contribution in [0, 0.1) is 0 Å². The second-order valence-electron chi connectivity index (χ2n) is 1.94. The van der Waals surface area contributed by atoms with Crippen LogP contribution < -0.4 is 5.73 Å². The molecule has 0 saturated heterocycles. The van der Waals surface area contributed by atoms with Crippen LogP contribution in [0.4, 0.5) is 0 Å². The molecule has 0 aliphatic rings. The maximum absolute atomic E-state index is 5.45. The molecule has 0 aromatic rings. The molecule has 0 unspecified atom stereocenters. The lowest BCUT2D eigenvalue weighted by Gasteiger charge is -2.04. The third-order valence-electron chi connectivity index (χ3n) is 1.26. The Morgan fingerprint density at radius 1 is 1.44 bits per heavy atom. The van der Waals surface area contributed by atoms with Crippen LogP contribution in [-0.4, -0.2) is 7.11 Å². The minimum Gasteiger partial charge on any atom is -0.497 e. The summed E-state index contributed by atoms with van der Waals surface area (Å²) in [7, 11) is 1.58. The smallest absolute Gasteiger partial charge is 0.116 e. The Kier molecular flexibility index (Phi) is 2.85. The van der Waals surface area contributed by atoms with E-state index in [-0.39, 0.29) is 0 Å². The van der Waals surface area contributed by atoms with Gasteiger partial charge in [0.1, 0.15) is 5.76 Å². The third-order valence-corrected chi connectivity index (χ3v) is 1.26. The van der Waals surface area contributed by atoms with Crippen molar-refractivity contribution < 1.29 is 4.74 Å². The molecule has 2 heteroatoms. The predicted molar refractivity (Wildman–Crippen MR) is 38.7 cm³/mol. The lowest BCUT2D eigenvalue weighted by atomic mass is 10.2. The van der Waals surface area contributed by atoms with Gasteiger partial charge in [-0.2, -0.15) is 0 Å². The lowest BCUT2D eigenvalue weighted by molar-refractivity contribution is 0.302. The molecule has 0 bridgehead atoms. The quantitative estimate of drug-likeness (QED) is 0.449. The first-order valence-corrected chi connectivity index (χ1v) is 2.75. The molecule has 0 saturated carbocycles. The van der Waals surface area contributed by atoms with Crippen molar-refractivity contribution in [3.05, 3.63) is 23.6 Å². The minimum atomic E-state index is 0.634. The van der Waals surface area contributed by atoms with Gasteiger partial charge in [0.25, 0.3) is 0 Å². The molecule has 9 heavy (non-hydrogen) atoms. The molecule has 2 nitrogen and oxygen atoms in total. The summed E-state index contributed by atoms with van der Waals surface area (Å²) in [5.41, 5.74) is 7.12. The standard InChI is InChI=1S/C7H13NO/c1-5(6(2)8)7(3)9-4/h3,8H2,1-2,4H3/b6-5+. The van der Waals surface area contributed by atoms with E-state index in [9.17, 15) is 0 Å². The Bertz CT molecular complexity index is 143. The second-order valence-corrected chi connectivity index (χ2v) is 1.94. The highest BCUT2D eigenvalue weighted by molar-refractivity contribution is 5.24. The van der Waals surface area contributed by atoms with Crippen molar-refractivity contribution in [2.24, 2.45) is 5.73 Å². The highest BCUT2D eigenvalue weighted by Gasteiger charge is 1.95. The number of methoxy groups -OCH3 is 1. The average Bonchev–Trinajstić information content (AvgIpc) is 1.84. The summed E-state index contributed by atoms with van der Waals surface area (Å²) < 4.78 is 4.84. The van der Waals surface area contributed by atoms with Crippen molar-refractivity contribution in [3.63, 3.8) is 0 Å².